The Morgan fingerprint density at radius 2 is 2.20 bits per heavy atom. The molecule has 0 bridgehead atoms. The van der Waals surface area contributed by atoms with Crippen LogP contribution in [0.15, 0.2) is 18.3 Å². The third-order valence-electron chi connectivity index (χ3n) is 2.92. The van der Waals surface area contributed by atoms with E-state index in [0.29, 0.717) is 11.5 Å². The molecule has 0 saturated carbocycles. The fraction of sp³-hybridized carbons (Fsp3) is 0.417. The summed E-state index contributed by atoms with van der Waals surface area (Å²) in [6, 6.07) is 2.31. The molecule has 0 aliphatic heterocycles. The van der Waals surface area contributed by atoms with Gasteiger partial charge in [0.2, 0.25) is 5.82 Å². The van der Waals surface area contributed by atoms with Crippen molar-refractivity contribution in [2.75, 3.05) is 0 Å². The highest BCUT2D eigenvalue weighted by atomic mass is 19.1. The van der Waals surface area contributed by atoms with Gasteiger partial charge in [0.1, 0.15) is 11.5 Å². The van der Waals surface area contributed by atoms with Crippen LogP contribution < -0.4 is 0 Å². The van der Waals surface area contributed by atoms with Gasteiger partial charge >= 0.3 is 5.97 Å². The van der Waals surface area contributed by atoms with Crippen LogP contribution in [0.5, 0.6) is 0 Å². The first-order valence-corrected chi connectivity index (χ1v) is 6.10. The van der Waals surface area contributed by atoms with E-state index in [1.165, 1.54) is 16.8 Å². The lowest BCUT2D eigenvalue weighted by molar-refractivity contribution is -0.138. The SMILES string of the molecule is CC(C)C(CC(=O)O)n1nnnc1-c1ccc(F)cn1. The lowest BCUT2D eigenvalue weighted by atomic mass is 10.0. The minimum Gasteiger partial charge on any atom is -0.481 e. The van der Waals surface area contributed by atoms with Crippen LogP contribution in [0.4, 0.5) is 4.39 Å². The number of nitrogens with zero attached hydrogens (tertiary/aromatic N) is 5. The van der Waals surface area contributed by atoms with E-state index in [4.69, 9.17) is 5.11 Å². The second-order valence-corrected chi connectivity index (χ2v) is 4.72. The van der Waals surface area contributed by atoms with E-state index in [9.17, 15) is 9.18 Å². The largest absolute Gasteiger partial charge is 0.481 e. The zero-order valence-electron chi connectivity index (χ0n) is 11.1. The lowest BCUT2D eigenvalue weighted by Gasteiger charge is -2.19. The topological polar surface area (TPSA) is 93.8 Å². The third kappa shape index (κ3) is 2.95. The fourth-order valence-electron chi connectivity index (χ4n) is 1.88. The summed E-state index contributed by atoms with van der Waals surface area (Å²) in [5, 5.41) is 20.2. The molecule has 2 aromatic heterocycles. The molecule has 7 nitrogen and oxygen atoms in total. The smallest absolute Gasteiger partial charge is 0.305 e. The van der Waals surface area contributed by atoms with Crippen LogP contribution in [0, 0.1) is 11.7 Å². The van der Waals surface area contributed by atoms with Gasteiger partial charge < -0.3 is 5.11 Å². The van der Waals surface area contributed by atoms with E-state index in [-0.39, 0.29) is 12.3 Å². The fourth-order valence-corrected chi connectivity index (χ4v) is 1.88. The molecule has 0 radical (unpaired) electrons. The van der Waals surface area contributed by atoms with Crippen molar-refractivity contribution in [2.45, 2.75) is 26.3 Å². The first kappa shape index (κ1) is 14.0. The van der Waals surface area contributed by atoms with E-state index in [1.54, 1.807) is 0 Å². The minimum atomic E-state index is -0.933. The molecule has 1 unspecified atom stereocenters. The molecule has 2 heterocycles. The average molecular weight is 279 g/mol. The van der Waals surface area contributed by atoms with Crippen molar-refractivity contribution in [1.29, 1.82) is 0 Å². The van der Waals surface area contributed by atoms with Crippen LogP contribution in [-0.4, -0.2) is 36.3 Å². The van der Waals surface area contributed by atoms with Crippen molar-refractivity contribution in [3.63, 3.8) is 0 Å². The van der Waals surface area contributed by atoms with Gasteiger partial charge in [-0.3, -0.25) is 4.79 Å². The lowest BCUT2D eigenvalue weighted by Crippen LogP contribution is -2.21. The van der Waals surface area contributed by atoms with Crippen molar-refractivity contribution in [3.05, 3.63) is 24.1 Å². The van der Waals surface area contributed by atoms with E-state index < -0.39 is 17.8 Å². The van der Waals surface area contributed by atoms with Crippen LogP contribution in [0.2, 0.25) is 0 Å². The Hall–Kier alpha value is -2.38. The number of aromatic nitrogens is 5. The Balaban J connectivity index is 2.40. The Kier molecular flexibility index (Phi) is 4.02. The van der Waals surface area contributed by atoms with Gasteiger partial charge in [-0.25, -0.2) is 14.1 Å². The van der Waals surface area contributed by atoms with Crippen LogP contribution in [0.3, 0.4) is 0 Å². The number of aliphatic carboxylic acids is 1. The normalized spacial score (nSPS) is 12.6. The summed E-state index contributed by atoms with van der Waals surface area (Å²) >= 11 is 0. The summed E-state index contributed by atoms with van der Waals surface area (Å²) in [5.74, 6) is -1.05. The Bertz CT molecular complexity index is 596. The second-order valence-electron chi connectivity index (χ2n) is 4.72. The Labute approximate surface area is 114 Å². The van der Waals surface area contributed by atoms with Gasteiger partial charge in [0.15, 0.2) is 0 Å². The molecule has 2 aromatic rings. The Morgan fingerprint density at radius 1 is 1.45 bits per heavy atom. The third-order valence-corrected chi connectivity index (χ3v) is 2.92. The number of halogens is 1. The van der Waals surface area contributed by atoms with E-state index >= 15 is 0 Å². The maximum absolute atomic E-state index is 12.9. The number of carboxylic acids is 1. The number of tetrazole rings is 1. The van der Waals surface area contributed by atoms with Crippen LogP contribution in [0.1, 0.15) is 26.3 Å². The molecular weight excluding hydrogens is 265 g/mol. The van der Waals surface area contributed by atoms with E-state index in [2.05, 4.69) is 20.5 Å². The van der Waals surface area contributed by atoms with Crippen molar-refractivity contribution in [3.8, 4) is 11.5 Å². The van der Waals surface area contributed by atoms with Crippen molar-refractivity contribution < 1.29 is 14.3 Å². The van der Waals surface area contributed by atoms with Crippen LogP contribution >= 0.6 is 0 Å². The predicted octanol–water partition coefficient (Wildman–Crippen LogP) is 1.55. The molecule has 0 fully saturated rings. The number of carbonyl (C=O) groups is 1. The maximum Gasteiger partial charge on any atom is 0.305 e. The zero-order chi connectivity index (χ0) is 14.7. The molecule has 20 heavy (non-hydrogen) atoms. The second kappa shape index (κ2) is 5.72. The highest BCUT2D eigenvalue weighted by Crippen LogP contribution is 2.25. The number of hydrogen-bond acceptors (Lipinski definition) is 5. The van der Waals surface area contributed by atoms with E-state index in [0.717, 1.165) is 6.20 Å². The molecule has 106 valence electrons. The summed E-state index contributed by atoms with van der Waals surface area (Å²) in [5.41, 5.74) is 0.396. The first-order chi connectivity index (χ1) is 9.49. The molecule has 1 N–H and O–H groups in total. The summed E-state index contributed by atoms with van der Waals surface area (Å²) in [6.45, 7) is 3.77. The van der Waals surface area contributed by atoms with Gasteiger partial charge in [0, 0.05) is 0 Å². The standard InChI is InChI=1S/C12H14FN5O2/c1-7(2)10(5-11(19)20)18-12(15-16-17-18)9-4-3-8(13)6-14-9/h3-4,6-7,10H,5H2,1-2H3,(H,19,20). The highest BCUT2D eigenvalue weighted by molar-refractivity contribution is 5.67. The van der Waals surface area contributed by atoms with Gasteiger partial charge in [-0.1, -0.05) is 13.8 Å². The molecule has 2 rings (SSSR count). The number of rotatable bonds is 5. The first-order valence-electron chi connectivity index (χ1n) is 6.10. The number of pyridine rings is 1. The van der Waals surface area contributed by atoms with Gasteiger partial charge in [0.05, 0.1) is 18.7 Å². The van der Waals surface area contributed by atoms with Crippen molar-refractivity contribution in [2.24, 2.45) is 5.92 Å². The zero-order valence-corrected chi connectivity index (χ0v) is 11.1. The number of carboxylic acid groups (broad SMARTS) is 1. The molecule has 0 aliphatic rings. The number of hydrogen-bond donors (Lipinski definition) is 1. The van der Waals surface area contributed by atoms with Crippen LogP contribution in [-0.2, 0) is 4.79 Å². The molecule has 1 atom stereocenters. The maximum atomic E-state index is 12.9. The molecule has 0 amide bonds. The summed E-state index contributed by atoms with van der Waals surface area (Å²) in [4.78, 5) is 14.9. The summed E-state index contributed by atoms with van der Waals surface area (Å²) < 4.78 is 14.3. The molecule has 8 heteroatoms. The molecule has 0 saturated heterocycles. The van der Waals surface area contributed by atoms with E-state index in [1.807, 2.05) is 13.8 Å². The average Bonchev–Trinajstić information content (AvgIpc) is 2.85. The van der Waals surface area contributed by atoms with Gasteiger partial charge in [-0.15, -0.1) is 5.10 Å². The van der Waals surface area contributed by atoms with Crippen molar-refractivity contribution in [1.82, 2.24) is 25.2 Å². The molecule has 0 aliphatic carbocycles. The predicted molar refractivity (Wildman–Crippen MR) is 67.1 cm³/mol. The van der Waals surface area contributed by atoms with Gasteiger partial charge in [-0.05, 0) is 28.5 Å². The summed E-state index contributed by atoms with van der Waals surface area (Å²) in [7, 11) is 0. The minimum absolute atomic E-state index is 0.0220. The van der Waals surface area contributed by atoms with Crippen LogP contribution in [0.25, 0.3) is 11.5 Å². The van der Waals surface area contributed by atoms with Gasteiger partial charge in [0.25, 0.3) is 0 Å². The molecule has 0 aromatic carbocycles. The van der Waals surface area contributed by atoms with Gasteiger partial charge in [-0.2, -0.15) is 0 Å². The monoisotopic (exact) mass is 279 g/mol. The van der Waals surface area contributed by atoms with Crippen molar-refractivity contribution >= 4 is 5.97 Å². The quantitative estimate of drug-likeness (QED) is 0.892. The highest BCUT2D eigenvalue weighted by Gasteiger charge is 2.24. The molecule has 0 spiro atoms. The Morgan fingerprint density at radius 3 is 2.75 bits per heavy atom. The molecular formula is C12H14FN5O2. The summed E-state index contributed by atoms with van der Waals surface area (Å²) in [6.07, 6.45) is 0.965.